The van der Waals surface area contributed by atoms with E-state index in [1.807, 2.05) is 42.5 Å². The molecule has 1 amide bonds. The van der Waals surface area contributed by atoms with Gasteiger partial charge in [0.15, 0.2) is 5.69 Å². The Balaban J connectivity index is 1.58. The lowest BCUT2D eigenvalue weighted by atomic mass is 10.1. The summed E-state index contributed by atoms with van der Waals surface area (Å²) in [4.78, 5) is 16.4. The van der Waals surface area contributed by atoms with Crippen LogP contribution in [0.4, 0.5) is 11.5 Å². The maximum atomic E-state index is 12.2. The summed E-state index contributed by atoms with van der Waals surface area (Å²) in [5.41, 5.74) is 3.13. The molecule has 3 rings (SSSR count). The van der Waals surface area contributed by atoms with Gasteiger partial charge in [0.05, 0.1) is 12.2 Å². The number of pyridine rings is 1. The van der Waals surface area contributed by atoms with Crippen LogP contribution in [-0.4, -0.2) is 21.1 Å². The minimum atomic E-state index is -0.284. The molecule has 0 atom stereocenters. The number of hydrogen-bond acceptors (Lipinski definition) is 5. The van der Waals surface area contributed by atoms with Gasteiger partial charge in [-0.25, -0.2) is 0 Å². The van der Waals surface area contributed by atoms with Gasteiger partial charge in [-0.1, -0.05) is 25.1 Å². The molecule has 0 spiro atoms. The highest BCUT2D eigenvalue weighted by Gasteiger charge is 2.08. The summed E-state index contributed by atoms with van der Waals surface area (Å²) in [7, 11) is 0. The van der Waals surface area contributed by atoms with Gasteiger partial charge in [-0.15, -0.1) is 10.2 Å². The van der Waals surface area contributed by atoms with Crippen molar-refractivity contribution in [1.82, 2.24) is 15.2 Å². The molecular formula is C19H19N5O. The molecule has 0 saturated carbocycles. The molecule has 1 aromatic carbocycles. The predicted octanol–water partition coefficient (Wildman–Crippen LogP) is 3.30. The number of nitrogens with one attached hydrogen (secondary N) is 2. The van der Waals surface area contributed by atoms with E-state index >= 15 is 0 Å². The van der Waals surface area contributed by atoms with Crippen LogP contribution in [0.15, 0.2) is 60.8 Å². The molecule has 25 heavy (non-hydrogen) atoms. The van der Waals surface area contributed by atoms with Gasteiger partial charge in [-0.3, -0.25) is 9.78 Å². The van der Waals surface area contributed by atoms with Gasteiger partial charge in [-0.05, 0) is 48.4 Å². The highest BCUT2D eigenvalue weighted by atomic mass is 16.1. The normalized spacial score (nSPS) is 10.3. The molecule has 0 aliphatic heterocycles. The summed E-state index contributed by atoms with van der Waals surface area (Å²) in [6, 6.07) is 16.8. The number of aromatic nitrogens is 3. The Labute approximate surface area is 146 Å². The number of aryl methyl sites for hydroxylation is 1. The number of anilines is 2. The molecule has 2 aromatic heterocycles. The first-order valence-corrected chi connectivity index (χ1v) is 8.12. The number of hydrogen-bond donors (Lipinski definition) is 2. The molecule has 0 bridgehead atoms. The highest BCUT2D eigenvalue weighted by molar-refractivity contribution is 6.02. The summed E-state index contributed by atoms with van der Waals surface area (Å²) in [5, 5.41) is 13.9. The third kappa shape index (κ3) is 4.60. The maximum Gasteiger partial charge on any atom is 0.276 e. The molecule has 0 fully saturated rings. The van der Waals surface area contributed by atoms with Gasteiger partial charge in [0.25, 0.3) is 5.91 Å². The highest BCUT2D eigenvalue weighted by Crippen LogP contribution is 2.12. The van der Waals surface area contributed by atoms with E-state index < -0.39 is 0 Å². The molecule has 3 aromatic rings. The van der Waals surface area contributed by atoms with Crippen LogP contribution in [0.2, 0.25) is 0 Å². The van der Waals surface area contributed by atoms with Gasteiger partial charge in [0.1, 0.15) is 5.82 Å². The smallest absolute Gasteiger partial charge is 0.276 e. The zero-order valence-electron chi connectivity index (χ0n) is 13.9. The minimum absolute atomic E-state index is 0.267. The SMILES string of the molecule is CCc1ccc(NC(=O)c2ccc(NCc3ccccn3)nn2)cc1. The van der Waals surface area contributed by atoms with Gasteiger partial charge < -0.3 is 10.6 Å². The number of carbonyl (C=O) groups is 1. The molecule has 0 unspecified atom stereocenters. The number of amides is 1. The zero-order valence-corrected chi connectivity index (χ0v) is 13.9. The van der Waals surface area contributed by atoms with Crippen molar-refractivity contribution in [2.45, 2.75) is 19.9 Å². The summed E-state index contributed by atoms with van der Waals surface area (Å²) in [6.45, 7) is 2.64. The quantitative estimate of drug-likeness (QED) is 0.723. The van der Waals surface area contributed by atoms with Crippen molar-refractivity contribution in [2.75, 3.05) is 10.6 Å². The number of nitrogens with zero attached hydrogens (tertiary/aromatic N) is 3. The van der Waals surface area contributed by atoms with E-state index in [0.29, 0.717) is 12.4 Å². The van der Waals surface area contributed by atoms with Crippen molar-refractivity contribution in [3.63, 3.8) is 0 Å². The van der Waals surface area contributed by atoms with Gasteiger partial charge in [0, 0.05) is 11.9 Å². The Kier molecular flexibility index (Phi) is 5.31. The standard InChI is InChI=1S/C19H19N5O/c1-2-14-6-8-15(9-7-14)22-19(25)17-10-11-18(24-23-17)21-13-16-5-3-4-12-20-16/h3-12H,2,13H2,1H3,(H,21,24)(H,22,25). The molecule has 2 N–H and O–H groups in total. The van der Waals surface area contributed by atoms with E-state index in [-0.39, 0.29) is 11.6 Å². The van der Waals surface area contributed by atoms with Gasteiger partial charge >= 0.3 is 0 Å². The first kappa shape index (κ1) is 16.6. The summed E-state index contributed by atoms with van der Waals surface area (Å²) in [5.74, 6) is 0.308. The second kappa shape index (κ2) is 8.01. The lowest BCUT2D eigenvalue weighted by Gasteiger charge is -2.07. The van der Waals surface area contributed by atoms with Crippen LogP contribution >= 0.6 is 0 Å². The molecule has 2 heterocycles. The molecule has 0 aliphatic carbocycles. The molecule has 0 aliphatic rings. The molecular weight excluding hydrogens is 314 g/mol. The van der Waals surface area contributed by atoms with E-state index in [1.54, 1.807) is 18.3 Å². The molecule has 6 nitrogen and oxygen atoms in total. The maximum absolute atomic E-state index is 12.2. The average molecular weight is 333 g/mol. The van der Waals surface area contributed by atoms with Crippen molar-refractivity contribution < 1.29 is 4.79 Å². The second-order valence-electron chi connectivity index (χ2n) is 5.48. The Morgan fingerprint density at radius 3 is 2.48 bits per heavy atom. The molecule has 6 heteroatoms. The van der Waals surface area contributed by atoms with Gasteiger partial charge in [0.2, 0.25) is 0 Å². The van der Waals surface area contributed by atoms with Crippen LogP contribution in [0.5, 0.6) is 0 Å². The van der Waals surface area contributed by atoms with Crippen LogP contribution in [0, 0.1) is 0 Å². The minimum Gasteiger partial charge on any atom is -0.363 e. The molecule has 0 saturated heterocycles. The first-order chi connectivity index (χ1) is 12.2. The fourth-order valence-electron chi connectivity index (χ4n) is 2.25. The Morgan fingerprint density at radius 2 is 1.84 bits per heavy atom. The third-order valence-corrected chi connectivity index (χ3v) is 3.69. The van der Waals surface area contributed by atoms with Crippen LogP contribution in [0.3, 0.4) is 0 Å². The van der Waals surface area contributed by atoms with E-state index in [4.69, 9.17) is 0 Å². The van der Waals surface area contributed by atoms with Crippen molar-refractivity contribution in [3.05, 3.63) is 77.7 Å². The number of carbonyl (C=O) groups excluding carboxylic acids is 1. The Hall–Kier alpha value is -3.28. The first-order valence-electron chi connectivity index (χ1n) is 8.12. The van der Waals surface area contributed by atoms with Crippen molar-refractivity contribution in [2.24, 2.45) is 0 Å². The lowest BCUT2D eigenvalue weighted by molar-refractivity contribution is 0.102. The van der Waals surface area contributed by atoms with Crippen LogP contribution in [0.1, 0.15) is 28.7 Å². The third-order valence-electron chi connectivity index (χ3n) is 3.69. The summed E-state index contributed by atoms with van der Waals surface area (Å²) < 4.78 is 0. The Bertz CT molecular complexity index is 817. The average Bonchev–Trinajstić information content (AvgIpc) is 2.68. The fourth-order valence-corrected chi connectivity index (χ4v) is 2.25. The zero-order chi connectivity index (χ0) is 17.5. The van der Waals surface area contributed by atoms with Crippen LogP contribution in [0.25, 0.3) is 0 Å². The van der Waals surface area contributed by atoms with Crippen LogP contribution < -0.4 is 10.6 Å². The monoisotopic (exact) mass is 333 g/mol. The van der Waals surface area contributed by atoms with E-state index in [9.17, 15) is 4.79 Å². The largest absolute Gasteiger partial charge is 0.363 e. The van der Waals surface area contributed by atoms with Crippen molar-refractivity contribution in [3.8, 4) is 0 Å². The number of benzene rings is 1. The lowest BCUT2D eigenvalue weighted by Crippen LogP contribution is -2.15. The van der Waals surface area contributed by atoms with Crippen LogP contribution in [-0.2, 0) is 13.0 Å². The van der Waals surface area contributed by atoms with E-state index in [0.717, 1.165) is 17.8 Å². The van der Waals surface area contributed by atoms with E-state index in [2.05, 4.69) is 32.7 Å². The fraction of sp³-hybridized carbons (Fsp3) is 0.158. The van der Waals surface area contributed by atoms with Crippen molar-refractivity contribution in [1.29, 1.82) is 0 Å². The summed E-state index contributed by atoms with van der Waals surface area (Å²) in [6.07, 6.45) is 2.70. The number of rotatable bonds is 6. The Morgan fingerprint density at radius 1 is 1.00 bits per heavy atom. The van der Waals surface area contributed by atoms with E-state index in [1.165, 1.54) is 5.56 Å². The van der Waals surface area contributed by atoms with Gasteiger partial charge in [-0.2, -0.15) is 0 Å². The second-order valence-corrected chi connectivity index (χ2v) is 5.48. The molecule has 126 valence electrons. The topological polar surface area (TPSA) is 79.8 Å². The summed E-state index contributed by atoms with van der Waals surface area (Å²) >= 11 is 0. The molecule has 0 radical (unpaired) electrons. The predicted molar refractivity (Wildman–Crippen MR) is 97.4 cm³/mol. The van der Waals surface area contributed by atoms with Crippen molar-refractivity contribution >= 4 is 17.4 Å².